The van der Waals surface area contributed by atoms with Crippen LogP contribution in [0.4, 0.5) is 5.69 Å². The first-order chi connectivity index (χ1) is 14.2. The molecule has 0 spiro atoms. The SMILES string of the molecule is CC(=O)NC1CCC2(C)C3Cc4cc(NS(C)(=O)=O)cc(C)c4C3(C)CCC2C1(C)C. The van der Waals surface area contributed by atoms with Crippen LogP contribution in [-0.4, -0.2) is 26.6 Å². The Hall–Kier alpha value is -1.56. The monoisotopic (exact) mass is 446 g/mol. The van der Waals surface area contributed by atoms with Crippen LogP contribution < -0.4 is 10.0 Å². The molecule has 0 saturated heterocycles. The molecular weight excluding hydrogens is 408 g/mol. The van der Waals surface area contributed by atoms with Gasteiger partial charge < -0.3 is 5.32 Å². The van der Waals surface area contributed by atoms with E-state index < -0.39 is 10.0 Å². The minimum absolute atomic E-state index is 0.0484. The molecule has 2 N–H and O–H groups in total. The molecule has 3 aliphatic rings. The van der Waals surface area contributed by atoms with Gasteiger partial charge in [-0.05, 0) is 95.9 Å². The molecule has 0 aliphatic heterocycles. The molecule has 1 amide bonds. The quantitative estimate of drug-likeness (QED) is 0.716. The first-order valence-corrected chi connectivity index (χ1v) is 13.5. The number of benzene rings is 1. The average Bonchev–Trinajstić information content (AvgIpc) is 2.90. The number of amides is 1. The van der Waals surface area contributed by atoms with E-state index in [1.54, 1.807) is 6.92 Å². The Kier molecular flexibility index (Phi) is 5.09. The van der Waals surface area contributed by atoms with Crippen molar-refractivity contribution in [2.45, 2.75) is 85.1 Å². The second kappa shape index (κ2) is 6.97. The molecule has 1 aromatic rings. The van der Waals surface area contributed by atoms with Crippen molar-refractivity contribution in [3.8, 4) is 0 Å². The fourth-order valence-electron chi connectivity index (χ4n) is 8.15. The zero-order valence-corrected chi connectivity index (χ0v) is 20.9. The Bertz CT molecular complexity index is 1030. The van der Waals surface area contributed by atoms with Crippen molar-refractivity contribution in [3.63, 3.8) is 0 Å². The van der Waals surface area contributed by atoms with Crippen LogP contribution in [0.3, 0.4) is 0 Å². The molecule has 4 rings (SSSR count). The van der Waals surface area contributed by atoms with Crippen molar-refractivity contribution in [2.75, 3.05) is 11.0 Å². The van der Waals surface area contributed by atoms with Crippen LogP contribution in [0, 0.1) is 29.6 Å². The molecule has 5 nitrogen and oxygen atoms in total. The number of carbonyl (C=O) groups is 1. The maximum atomic E-state index is 11.8. The largest absolute Gasteiger partial charge is 0.353 e. The highest BCUT2D eigenvalue weighted by atomic mass is 32.2. The summed E-state index contributed by atoms with van der Waals surface area (Å²) in [4.78, 5) is 11.8. The number of aryl methyl sites for hydroxylation is 1. The maximum Gasteiger partial charge on any atom is 0.229 e. The third-order valence-electron chi connectivity index (χ3n) is 9.17. The zero-order valence-electron chi connectivity index (χ0n) is 20.1. The zero-order chi connectivity index (χ0) is 23.0. The molecule has 3 aliphatic carbocycles. The molecule has 0 radical (unpaired) electrons. The van der Waals surface area contributed by atoms with Crippen molar-refractivity contribution >= 4 is 21.6 Å². The summed E-state index contributed by atoms with van der Waals surface area (Å²) in [6, 6.07) is 4.29. The first kappa shape index (κ1) is 22.6. The summed E-state index contributed by atoms with van der Waals surface area (Å²) in [5.41, 5.74) is 4.99. The number of hydrogen-bond donors (Lipinski definition) is 2. The minimum Gasteiger partial charge on any atom is -0.353 e. The molecule has 0 heterocycles. The Balaban J connectivity index is 1.73. The van der Waals surface area contributed by atoms with Crippen LogP contribution in [0.5, 0.6) is 0 Å². The molecule has 6 heteroatoms. The molecule has 172 valence electrons. The topological polar surface area (TPSA) is 75.3 Å². The van der Waals surface area contributed by atoms with Gasteiger partial charge in [-0.3, -0.25) is 9.52 Å². The van der Waals surface area contributed by atoms with E-state index in [1.807, 2.05) is 6.07 Å². The van der Waals surface area contributed by atoms with Gasteiger partial charge in [-0.25, -0.2) is 8.42 Å². The summed E-state index contributed by atoms with van der Waals surface area (Å²) < 4.78 is 26.3. The second-order valence-electron chi connectivity index (χ2n) is 11.6. The van der Waals surface area contributed by atoms with E-state index >= 15 is 0 Å². The molecular formula is C25H38N2O3S. The van der Waals surface area contributed by atoms with Crippen molar-refractivity contribution < 1.29 is 13.2 Å². The molecule has 1 aromatic carbocycles. The van der Waals surface area contributed by atoms with Gasteiger partial charge in [0.2, 0.25) is 15.9 Å². The van der Waals surface area contributed by atoms with Crippen molar-refractivity contribution in [2.24, 2.45) is 22.7 Å². The summed E-state index contributed by atoms with van der Waals surface area (Å²) in [6.45, 7) is 13.4. The lowest BCUT2D eigenvalue weighted by Gasteiger charge is -2.63. The fourth-order valence-corrected chi connectivity index (χ4v) is 8.70. The van der Waals surface area contributed by atoms with Gasteiger partial charge in [-0.15, -0.1) is 0 Å². The highest BCUT2D eigenvalue weighted by Gasteiger charge is 2.63. The van der Waals surface area contributed by atoms with Gasteiger partial charge in [-0.1, -0.05) is 27.7 Å². The number of rotatable bonds is 3. The lowest BCUT2D eigenvalue weighted by Crippen LogP contribution is -2.61. The Morgan fingerprint density at radius 3 is 2.35 bits per heavy atom. The van der Waals surface area contributed by atoms with Gasteiger partial charge in [0, 0.05) is 18.7 Å². The maximum absolute atomic E-state index is 11.8. The Morgan fingerprint density at radius 2 is 1.74 bits per heavy atom. The summed E-state index contributed by atoms with van der Waals surface area (Å²) in [5, 5.41) is 3.24. The molecule has 0 bridgehead atoms. The second-order valence-corrected chi connectivity index (χ2v) is 13.3. The summed E-state index contributed by atoms with van der Waals surface area (Å²) in [7, 11) is -3.30. The normalized spacial score (nSPS) is 36.2. The van der Waals surface area contributed by atoms with E-state index in [2.05, 4.69) is 50.7 Å². The number of anilines is 1. The number of nitrogens with one attached hydrogen (secondary N) is 2. The lowest BCUT2D eigenvalue weighted by molar-refractivity contribution is -0.131. The highest BCUT2D eigenvalue weighted by molar-refractivity contribution is 7.92. The number of sulfonamides is 1. The first-order valence-electron chi connectivity index (χ1n) is 11.6. The van der Waals surface area contributed by atoms with Crippen LogP contribution in [0.15, 0.2) is 12.1 Å². The van der Waals surface area contributed by atoms with Gasteiger partial charge in [0.15, 0.2) is 0 Å². The molecule has 0 aromatic heterocycles. The van der Waals surface area contributed by atoms with Gasteiger partial charge in [0.1, 0.15) is 0 Å². The van der Waals surface area contributed by atoms with E-state index in [-0.39, 0.29) is 28.2 Å². The predicted molar refractivity (Wildman–Crippen MR) is 126 cm³/mol. The van der Waals surface area contributed by atoms with E-state index in [9.17, 15) is 13.2 Å². The van der Waals surface area contributed by atoms with Crippen LogP contribution in [0.25, 0.3) is 0 Å². The van der Waals surface area contributed by atoms with E-state index in [4.69, 9.17) is 0 Å². The summed E-state index contributed by atoms with van der Waals surface area (Å²) in [6.07, 6.45) is 6.64. The van der Waals surface area contributed by atoms with Crippen LogP contribution in [0.2, 0.25) is 0 Å². The standard InChI is InChI=1S/C25H38N2O3S/c1-15-12-18(27-31(7,29)30)13-17-14-20-24(5)11-9-21(26-16(2)28)23(3,4)19(24)8-10-25(20,6)22(15)17/h12-13,19-21,27H,8-11,14H2,1-7H3,(H,26,28). The predicted octanol–water partition coefficient (Wildman–Crippen LogP) is 4.54. The van der Waals surface area contributed by atoms with Crippen molar-refractivity contribution in [1.82, 2.24) is 5.32 Å². The van der Waals surface area contributed by atoms with Gasteiger partial charge in [-0.2, -0.15) is 0 Å². The third-order valence-corrected chi connectivity index (χ3v) is 9.78. The molecule has 2 saturated carbocycles. The fraction of sp³-hybridized carbons (Fsp3) is 0.720. The van der Waals surface area contributed by atoms with Gasteiger partial charge in [0.05, 0.1) is 6.26 Å². The minimum atomic E-state index is -3.30. The number of carbonyl (C=O) groups excluding carboxylic acids is 1. The van der Waals surface area contributed by atoms with Crippen molar-refractivity contribution in [3.05, 3.63) is 28.8 Å². The molecule has 5 atom stereocenters. The average molecular weight is 447 g/mol. The number of fused-ring (bicyclic) bond motifs is 5. The highest BCUT2D eigenvalue weighted by Crippen LogP contribution is 2.67. The van der Waals surface area contributed by atoms with E-state index in [1.165, 1.54) is 22.9 Å². The molecule has 31 heavy (non-hydrogen) atoms. The van der Waals surface area contributed by atoms with Gasteiger partial charge in [0.25, 0.3) is 0 Å². The molecule has 2 fully saturated rings. The van der Waals surface area contributed by atoms with Crippen molar-refractivity contribution in [1.29, 1.82) is 0 Å². The Morgan fingerprint density at radius 1 is 1.06 bits per heavy atom. The summed E-state index contributed by atoms with van der Waals surface area (Å²) >= 11 is 0. The van der Waals surface area contributed by atoms with Gasteiger partial charge >= 0.3 is 0 Å². The van der Waals surface area contributed by atoms with Crippen LogP contribution in [0.1, 0.15) is 77.0 Å². The smallest absolute Gasteiger partial charge is 0.229 e. The van der Waals surface area contributed by atoms with E-state index in [0.717, 1.165) is 32.1 Å². The van der Waals surface area contributed by atoms with E-state index in [0.29, 0.717) is 17.5 Å². The number of hydrogen-bond acceptors (Lipinski definition) is 3. The Labute approximate surface area is 187 Å². The third kappa shape index (κ3) is 3.49. The van der Waals surface area contributed by atoms with Crippen LogP contribution in [-0.2, 0) is 26.7 Å². The molecule has 5 unspecified atom stereocenters. The van der Waals surface area contributed by atoms with Crippen LogP contribution >= 0.6 is 0 Å². The lowest BCUT2D eigenvalue weighted by atomic mass is 9.42. The summed E-state index contributed by atoms with van der Waals surface area (Å²) in [5.74, 6) is 1.14.